The zero-order chi connectivity index (χ0) is 11.5. The highest BCUT2D eigenvalue weighted by Gasteiger charge is 2.04. The Hall–Kier alpha value is -1.41. The van der Waals surface area contributed by atoms with Crippen LogP contribution in [0.5, 0.6) is 0 Å². The Morgan fingerprint density at radius 3 is 2.75 bits per heavy atom. The SMILES string of the molecule is CNCCc1nc2c(C)cccc2cc1C. The number of likely N-dealkylation sites (N-methyl/N-ethyl adjacent to an activating group) is 1. The Balaban J connectivity index is 2.51. The Kier molecular flexibility index (Phi) is 3.20. The Bertz CT molecular complexity index is 503. The third-order valence-electron chi connectivity index (χ3n) is 2.95. The van der Waals surface area contributed by atoms with Gasteiger partial charge in [-0.25, -0.2) is 0 Å². The molecule has 0 saturated carbocycles. The molecule has 1 aromatic heterocycles. The predicted octanol–water partition coefficient (Wildman–Crippen LogP) is 2.61. The van der Waals surface area contributed by atoms with Gasteiger partial charge in [-0.15, -0.1) is 0 Å². The number of pyridine rings is 1. The van der Waals surface area contributed by atoms with Gasteiger partial charge in [0.05, 0.1) is 5.52 Å². The Morgan fingerprint density at radius 1 is 1.19 bits per heavy atom. The molecule has 0 atom stereocenters. The summed E-state index contributed by atoms with van der Waals surface area (Å²) in [6, 6.07) is 8.57. The fourth-order valence-electron chi connectivity index (χ4n) is 1.99. The molecule has 0 radical (unpaired) electrons. The average molecular weight is 214 g/mol. The van der Waals surface area contributed by atoms with Crippen molar-refractivity contribution in [3.05, 3.63) is 41.1 Å². The first-order chi connectivity index (χ1) is 7.72. The number of benzene rings is 1. The lowest BCUT2D eigenvalue weighted by molar-refractivity contribution is 0.775. The van der Waals surface area contributed by atoms with E-state index in [0.717, 1.165) is 18.5 Å². The number of nitrogens with zero attached hydrogens (tertiary/aromatic N) is 1. The zero-order valence-electron chi connectivity index (χ0n) is 10.2. The van der Waals surface area contributed by atoms with Crippen molar-refractivity contribution in [2.45, 2.75) is 20.3 Å². The van der Waals surface area contributed by atoms with E-state index in [4.69, 9.17) is 4.98 Å². The summed E-state index contributed by atoms with van der Waals surface area (Å²) in [5.41, 5.74) is 4.88. The summed E-state index contributed by atoms with van der Waals surface area (Å²) in [5, 5.41) is 4.41. The standard InChI is InChI=1S/C14H18N2/c1-10-5-4-6-12-9-11(2)13(7-8-15-3)16-14(10)12/h4-6,9,15H,7-8H2,1-3H3. The van der Waals surface area contributed by atoms with Crippen molar-refractivity contribution < 1.29 is 0 Å². The molecule has 0 saturated heterocycles. The van der Waals surface area contributed by atoms with Gasteiger partial charge in [0.2, 0.25) is 0 Å². The van der Waals surface area contributed by atoms with Crippen LogP contribution in [0.4, 0.5) is 0 Å². The van der Waals surface area contributed by atoms with E-state index >= 15 is 0 Å². The van der Waals surface area contributed by atoms with E-state index in [-0.39, 0.29) is 0 Å². The molecule has 84 valence electrons. The van der Waals surface area contributed by atoms with Crippen LogP contribution in [0.3, 0.4) is 0 Å². The van der Waals surface area contributed by atoms with Gasteiger partial charge in [0.25, 0.3) is 0 Å². The lowest BCUT2D eigenvalue weighted by Gasteiger charge is -2.08. The molecule has 0 unspecified atom stereocenters. The second-order valence-electron chi connectivity index (χ2n) is 4.25. The Labute approximate surface area is 96.7 Å². The van der Waals surface area contributed by atoms with E-state index in [1.54, 1.807) is 0 Å². The van der Waals surface area contributed by atoms with Gasteiger partial charge in [0.15, 0.2) is 0 Å². The third-order valence-corrected chi connectivity index (χ3v) is 2.95. The predicted molar refractivity (Wildman–Crippen MR) is 68.8 cm³/mol. The lowest BCUT2D eigenvalue weighted by atomic mass is 10.1. The van der Waals surface area contributed by atoms with Crippen LogP contribution in [0.2, 0.25) is 0 Å². The summed E-state index contributed by atoms with van der Waals surface area (Å²) in [7, 11) is 1.97. The average Bonchev–Trinajstić information content (AvgIpc) is 2.27. The maximum absolute atomic E-state index is 4.77. The highest BCUT2D eigenvalue weighted by atomic mass is 14.8. The van der Waals surface area contributed by atoms with E-state index in [0.29, 0.717) is 0 Å². The highest BCUT2D eigenvalue weighted by molar-refractivity contribution is 5.82. The van der Waals surface area contributed by atoms with E-state index in [9.17, 15) is 0 Å². The fourth-order valence-corrected chi connectivity index (χ4v) is 1.99. The van der Waals surface area contributed by atoms with Crippen LogP contribution in [0.25, 0.3) is 10.9 Å². The van der Waals surface area contributed by atoms with Gasteiger partial charge < -0.3 is 5.32 Å². The van der Waals surface area contributed by atoms with Crippen LogP contribution >= 0.6 is 0 Å². The summed E-state index contributed by atoms with van der Waals surface area (Å²) < 4.78 is 0. The van der Waals surface area contributed by atoms with Crippen molar-refractivity contribution in [3.63, 3.8) is 0 Å². The molecule has 2 rings (SSSR count). The number of hydrogen-bond donors (Lipinski definition) is 1. The monoisotopic (exact) mass is 214 g/mol. The maximum Gasteiger partial charge on any atom is 0.0734 e. The van der Waals surface area contributed by atoms with Gasteiger partial charge in [0.1, 0.15) is 0 Å². The zero-order valence-corrected chi connectivity index (χ0v) is 10.2. The summed E-state index contributed by atoms with van der Waals surface area (Å²) in [6.45, 7) is 5.23. The van der Waals surface area contributed by atoms with Crippen LogP contribution in [-0.4, -0.2) is 18.6 Å². The first kappa shape index (κ1) is 11.1. The normalized spacial score (nSPS) is 10.9. The number of hydrogen-bond acceptors (Lipinski definition) is 2. The maximum atomic E-state index is 4.77. The minimum Gasteiger partial charge on any atom is -0.319 e. The van der Waals surface area contributed by atoms with Gasteiger partial charge in [0, 0.05) is 24.0 Å². The smallest absolute Gasteiger partial charge is 0.0734 e. The van der Waals surface area contributed by atoms with E-state index in [1.165, 1.54) is 22.2 Å². The molecule has 1 heterocycles. The number of nitrogens with one attached hydrogen (secondary N) is 1. The number of para-hydroxylation sites is 1. The molecule has 0 aliphatic carbocycles. The van der Waals surface area contributed by atoms with Gasteiger partial charge >= 0.3 is 0 Å². The van der Waals surface area contributed by atoms with Crippen molar-refractivity contribution in [2.24, 2.45) is 0 Å². The van der Waals surface area contributed by atoms with E-state index in [2.05, 4.69) is 43.4 Å². The molecule has 0 fully saturated rings. The second-order valence-corrected chi connectivity index (χ2v) is 4.25. The van der Waals surface area contributed by atoms with E-state index in [1.807, 2.05) is 7.05 Å². The molecule has 2 heteroatoms. The first-order valence-electron chi connectivity index (χ1n) is 5.73. The van der Waals surface area contributed by atoms with Crippen LogP contribution in [0, 0.1) is 13.8 Å². The molecule has 16 heavy (non-hydrogen) atoms. The van der Waals surface area contributed by atoms with Crippen molar-refractivity contribution in [2.75, 3.05) is 13.6 Å². The largest absolute Gasteiger partial charge is 0.319 e. The highest BCUT2D eigenvalue weighted by Crippen LogP contribution is 2.19. The lowest BCUT2D eigenvalue weighted by Crippen LogP contribution is -2.12. The molecule has 2 aromatic rings. The molecule has 0 aliphatic rings. The van der Waals surface area contributed by atoms with Gasteiger partial charge in [-0.2, -0.15) is 0 Å². The third kappa shape index (κ3) is 2.07. The summed E-state index contributed by atoms with van der Waals surface area (Å²) in [5.74, 6) is 0. The number of aromatic nitrogens is 1. The molecule has 0 bridgehead atoms. The van der Waals surface area contributed by atoms with Crippen molar-refractivity contribution in [3.8, 4) is 0 Å². The molecular formula is C14H18N2. The van der Waals surface area contributed by atoms with Crippen LogP contribution in [-0.2, 0) is 6.42 Å². The molecule has 2 nitrogen and oxygen atoms in total. The second kappa shape index (κ2) is 4.62. The number of aryl methyl sites for hydroxylation is 2. The summed E-state index contributed by atoms with van der Waals surface area (Å²) in [4.78, 5) is 4.77. The molecule has 1 aromatic carbocycles. The molecule has 0 spiro atoms. The quantitative estimate of drug-likeness (QED) is 0.849. The van der Waals surface area contributed by atoms with Gasteiger partial charge in [-0.1, -0.05) is 18.2 Å². The van der Waals surface area contributed by atoms with Gasteiger partial charge in [-0.05, 0) is 38.1 Å². The van der Waals surface area contributed by atoms with Crippen molar-refractivity contribution >= 4 is 10.9 Å². The molecule has 0 aliphatic heterocycles. The summed E-state index contributed by atoms with van der Waals surface area (Å²) in [6.07, 6.45) is 0.993. The minimum absolute atomic E-state index is 0.977. The topological polar surface area (TPSA) is 24.9 Å². The first-order valence-corrected chi connectivity index (χ1v) is 5.73. The molecule has 0 amide bonds. The molecule has 1 N–H and O–H groups in total. The number of fused-ring (bicyclic) bond motifs is 1. The molecular weight excluding hydrogens is 196 g/mol. The summed E-state index contributed by atoms with van der Waals surface area (Å²) >= 11 is 0. The van der Waals surface area contributed by atoms with Crippen molar-refractivity contribution in [1.29, 1.82) is 0 Å². The van der Waals surface area contributed by atoms with Crippen molar-refractivity contribution in [1.82, 2.24) is 10.3 Å². The van der Waals surface area contributed by atoms with Crippen LogP contribution in [0.1, 0.15) is 16.8 Å². The van der Waals surface area contributed by atoms with E-state index < -0.39 is 0 Å². The van der Waals surface area contributed by atoms with Crippen LogP contribution in [0.15, 0.2) is 24.3 Å². The van der Waals surface area contributed by atoms with Crippen LogP contribution < -0.4 is 5.32 Å². The van der Waals surface area contributed by atoms with Gasteiger partial charge in [-0.3, -0.25) is 4.98 Å². The minimum atomic E-state index is 0.977. The number of rotatable bonds is 3. The fraction of sp³-hybridized carbons (Fsp3) is 0.357. The Morgan fingerprint density at radius 2 is 2.00 bits per heavy atom.